The third-order valence-corrected chi connectivity index (χ3v) is 9.09. The van der Waals surface area contributed by atoms with Crippen LogP contribution in [0.15, 0.2) is 48.5 Å². The molecule has 0 aromatic heterocycles. The zero-order valence-electron chi connectivity index (χ0n) is 23.9. The molecule has 0 saturated heterocycles. The molecule has 2 aromatic rings. The largest absolute Gasteiger partial charge is 1.00 e. The summed E-state index contributed by atoms with van der Waals surface area (Å²) >= 11 is 2.70. The van der Waals surface area contributed by atoms with Crippen LogP contribution in [0.25, 0.3) is 0 Å². The standard InChI is InChI=1S/C29H44N4O2S2.HI/c1-7-32(5,8-2)19-21-36-28(34)30-26-15-11-24(12-16-26)23-25-13-17-27(18-14-25)31-29(35)37-22-20-33(6,9-3)10-4;/h11-18H,7-10,19-23H2,1-6H3;1H/p+1. The average Bonchev–Trinajstić information content (AvgIpc) is 2.90. The van der Waals surface area contributed by atoms with Gasteiger partial charge in [-0.3, -0.25) is 9.59 Å². The number of halogens is 1. The SMILES string of the molecule is CC[N+](C)(CC)CCSC(=O)Nc1ccc(Cc2ccc(NC(=O)SCC[N+](C)(CC)CC)cc2)cc1.[I-]. The van der Waals surface area contributed by atoms with Crippen LogP contribution < -0.4 is 34.6 Å². The summed E-state index contributed by atoms with van der Waals surface area (Å²) in [6.45, 7) is 15.1. The highest BCUT2D eigenvalue weighted by atomic mass is 127. The molecule has 0 unspecified atom stereocenters. The summed E-state index contributed by atoms with van der Waals surface area (Å²) in [5.74, 6) is 1.63. The van der Waals surface area contributed by atoms with Crippen LogP contribution in [-0.4, -0.2) is 84.3 Å². The number of thioether (sulfide) groups is 2. The van der Waals surface area contributed by atoms with E-state index < -0.39 is 0 Å². The van der Waals surface area contributed by atoms with Crippen molar-refractivity contribution in [2.75, 3.05) is 75.5 Å². The number of carbonyl (C=O) groups excluding carboxylic acids is 2. The lowest BCUT2D eigenvalue weighted by atomic mass is 10.0. The van der Waals surface area contributed by atoms with E-state index in [-0.39, 0.29) is 34.5 Å². The van der Waals surface area contributed by atoms with E-state index in [9.17, 15) is 9.59 Å². The van der Waals surface area contributed by atoms with E-state index in [1.54, 1.807) is 0 Å². The predicted molar refractivity (Wildman–Crippen MR) is 163 cm³/mol. The molecule has 0 aliphatic heterocycles. The number of anilines is 2. The third kappa shape index (κ3) is 12.3. The molecule has 2 amide bonds. The summed E-state index contributed by atoms with van der Waals surface area (Å²) in [6.07, 6.45) is 0.793. The molecule has 0 aliphatic rings. The van der Waals surface area contributed by atoms with Gasteiger partial charge >= 0.3 is 0 Å². The highest BCUT2D eigenvalue weighted by Gasteiger charge is 2.18. The molecule has 0 fully saturated rings. The van der Waals surface area contributed by atoms with Gasteiger partial charge in [0.15, 0.2) is 0 Å². The number of benzene rings is 2. The maximum Gasteiger partial charge on any atom is 0.283 e. The second kappa shape index (κ2) is 17.4. The van der Waals surface area contributed by atoms with Gasteiger partial charge in [-0.25, -0.2) is 0 Å². The minimum Gasteiger partial charge on any atom is -1.00 e. The van der Waals surface area contributed by atoms with Crippen LogP contribution in [0, 0.1) is 0 Å². The van der Waals surface area contributed by atoms with Gasteiger partial charge in [-0.1, -0.05) is 47.8 Å². The van der Waals surface area contributed by atoms with E-state index in [1.165, 1.54) is 34.7 Å². The van der Waals surface area contributed by atoms with Crippen LogP contribution >= 0.6 is 23.5 Å². The monoisotopic (exact) mass is 673 g/mol. The first-order chi connectivity index (χ1) is 17.6. The van der Waals surface area contributed by atoms with Gasteiger partial charge in [-0.05, 0) is 69.5 Å². The number of hydrogen-bond donors (Lipinski definition) is 2. The van der Waals surface area contributed by atoms with Crippen molar-refractivity contribution in [3.63, 3.8) is 0 Å². The Bertz CT molecular complexity index is 900. The van der Waals surface area contributed by atoms with Gasteiger partial charge in [0, 0.05) is 11.4 Å². The molecule has 38 heavy (non-hydrogen) atoms. The van der Waals surface area contributed by atoms with Crippen molar-refractivity contribution in [3.05, 3.63) is 59.7 Å². The molecule has 2 rings (SSSR count). The smallest absolute Gasteiger partial charge is 0.283 e. The second-order valence-corrected chi connectivity index (χ2v) is 12.2. The van der Waals surface area contributed by atoms with Gasteiger partial charge in [0.05, 0.1) is 64.9 Å². The fraction of sp³-hybridized carbons (Fsp3) is 0.517. The molecule has 2 aromatic carbocycles. The molecule has 0 bridgehead atoms. The maximum absolute atomic E-state index is 12.3. The van der Waals surface area contributed by atoms with E-state index in [0.29, 0.717) is 0 Å². The lowest BCUT2D eigenvalue weighted by molar-refractivity contribution is -0.903. The number of nitrogens with one attached hydrogen (secondary N) is 2. The van der Waals surface area contributed by atoms with Gasteiger partial charge in [0.1, 0.15) is 0 Å². The van der Waals surface area contributed by atoms with E-state index in [2.05, 4.69) is 52.4 Å². The molecule has 0 saturated carbocycles. The topological polar surface area (TPSA) is 58.2 Å². The molecule has 6 nitrogen and oxygen atoms in total. The van der Waals surface area contributed by atoms with Crippen LogP contribution in [-0.2, 0) is 6.42 Å². The lowest BCUT2D eigenvalue weighted by Crippen LogP contribution is -3.00. The summed E-state index contributed by atoms with van der Waals surface area (Å²) in [7, 11) is 4.47. The lowest BCUT2D eigenvalue weighted by Gasteiger charge is -2.31. The van der Waals surface area contributed by atoms with Crippen molar-refractivity contribution in [1.29, 1.82) is 0 Å². The van der Waals surface area contributed by atoms with Crippen molar-refractivity contribution in [2.24, 2.45) is 0 Å². The summed E-state index contributed by atoms with van der Waals surface area (Å²) in [5.41, 5.74) is 3.98. The summed E-state index contributed by atoms with van der Waals surface area (Å²) in [6, 6.07) is 16.0. The zero-order valence-corrected chi connectivity index (χ0v) is 27.7. The van der Waals surface area contributed by atoms with Gasteiger partial charge in [-0.15, -0.1) is 0 Å². The first kappa shape index (κ1) is 34.8. The number of quaternary nitrogens is 2. The Morgan fingerprint density at radius 3 is 1.24 bits per heavy atom. The van der Waals surface area contributed by atoms with E-state index in [1.807, 2.05) is 48.5 Å². The Morgan fingerprint density at radius 1 is 0.632 bits per heavy atom. The fourth-order valence-corrected chi connectivity index (χ4v) is 5.57. The Morgan fingerprint density at radius 2 is 0.947 bits per heavy atom. The van der Waals surface area contributed by atoms with Gasteiger partial charge < -0.3 is 43.6 Å². The first-order valence-corrected chi connectivity index (χ1v) is 15.3. The Hall–Kier alpha value is -1.27. The minimum atomic E-state index is -0.00823. The fourth-order valence-electron chi connectivity index (χ4n) is 3.75. The number of amides is 2. The van der Waals surface area contributed by atoms with E-state index in [4.69, 9.17) is 0 Å². The molecule has 9 heteroatoms. The highest BCUT2D eigenvalue weighted by molar-refractivity contribution is 8.14. The Labute approximate surface area is 255 Å². The third-order valence-electron chi connectivity index (χ3n) is 7.59. The molecule has 0 atom stereocenters. The van der Waals surface area contributed by atoms with Crippen molar-refractivity contribution in [3.8, 4) is 0 Å². The number of hydrogen-bond acceptors (Lipinski definition) is 4. The molecular formula is C29H46IN4O2S2+. The minimum absolute atomic E-state index is 0. The number of rotatable bonds is 14. The normalized spacial score (nSPS) is 11.5. The number of nitrogens with zero attached hydrogens (tertiary/aromatic N) is 2. The molecule has 212 valence electrons. The number of carbonyl (C=O) groups is 2. The quantitative estimate of drug-likeness (QED) is 0.237. The van der Waals surface area contributed by atoms with Gasteiger partial charge in [0.25, 0.3) is 10.5 Å². The van der Waals surface area contributed by atoms with Crippen LogP contribution in [0.1, 0.15) is 38.8 Å². The molecule has 0 radical (unpaired) electrons. The van der Waals surface area contributed by atoms with E-state index in [0.717, 1.165) is 77.5 Å². The molecular weight excluding hydrogens is 627 g/mol. The second-order valence-electron chi connectivity index (χ2n) is 10.0. The Kier molecular flexibility index (Phi) is 15.9. The highest BCUT2D eigenvalue weighted by Crippen LogP contribution is 2.19. The summed E-state index contributed by atoms with van der Waals surface area (Å²) in [4.78, 5) is 24.6. The molecule has 0 heterocycles. The van der Waals surface area contributed by atoms with Crippen LogP contribution in [0.5, 0.6) is 0 Å². The van der Waals surface area contributed by atoms with Crippen LogP contribution in [0.4, 0.5) is 21.0 Å². The van der Waals surface area contributed by atoms with Crippen LogP contribution in [0.2, 0.25) is 0 Å². The zero-order chi connectivity index (χ0) is 27.3. The predicted octanol–water partition coefficient (Wildman–Crippen LogP) is 3.78. The maximum atomic E-state index is 12.3. The van der Waals surface area contributed by atoms with Crippen LogP contribution in [0.3, 0.4) is 0 Å². The van der Waals surface area contributed by atoms with Crippen molar-refractivity contribution in [2.45, 2.75) is 34.1 Å². The van der Waals surface area contributed by atoms with E-state index >= 15 is 0 Å². The van der Waals surface area contributed by atoms with Crippen molar-refractivity contribution < 1.29 is 42.5 Å². The van der Waals surface area contributed by atoms with Crippen molar-refractivity contribution >= 4 is 45.4 Å². The summed E-state index contributed by atoms with van der Waals surface area (Å²) < 4.78 is 1.97. The summed E-state index contributed by atoms with van der Waals surface area (Å²) in [5, 5.41) is 5.95. The molecule has 0 spiro atoms. The average molecular weight is 674 g/mol. The molecule has 2 N–H and O–H groups in total. The van der Waals surface area contributed by atoms with Crippen molar-refractivity contribution in [1.82, 2.24) is 0 Å². The van der Waals surface area contributed by atoms with Gasteiger partial charge in [0.2, 0.25) is 0 Å². The van der Waals surface area contributed by atoms with Gasteiger partial charge in [-0.2, -0.15) is 0 Å². The molecule has 0 aliphatic carbocycles. The first-order valence-electron chi connectivity index (χ1n) is 13.4. The Balaban J connectivity index is 0.00000722.